The molecule has 0 heterocycles. The summed E-state index contributed by atoms with van der Waals surface area (Å²) in [6.45, 7) is 6.22. The van der Waals surface area contributed by atoms with Crippen LogP contribution < -0.4 is 0 Å². The van der Waals surface area contributed by atoms with Crippen molar-refractivity contribution in [1.29, 1.82) is 0 Å². The molecule has 2 rings (SSSR count). The lowest BCUT2D eigenvalue weighted by Gasteiger charge is -2.38. The second kappa shape index (κ2) is 3.23. The maximum atomic E-state index is 10.7. The van der Waals surface area contributed by atoms with Gasteiger partial charge in [0.1, 0.15) is 0 Å². The van der Waals surface area contributed by atoms with Crippen LogP contribution in [-0.4, -0.2) is 5.11 Å². The molecule has 1 aliphatic carbocycles. The molecule has 82 valence electrons. The highest BCUT2D eigenvalue weighted by molar-refractivity contribution is 6.31. The van der Waals surface area contributed by atoms with Crippen LogP contribution in [0.5, 0.6) is 0 Å². The van der Waals surface area contributed by atoms with E-state index in [-0.39, 0.29) is 5.41 Å². The van der Waals surface area contributed by atoms with Crippen molar-refractivity contribution in [3.05, 3.63) is 34.3 Å². The third kappa shape index (κ3) is 1.49. The van der Waals surface area contributed by atoms with E-state index in [4.69, 9.17) is 11.6 Å². The number of halogens is 1. The van der Waals surface area contributed by atoms with Gasteiger partial charge in [-0.1, -0.05) is 44.5 Å². The Labute approximate surface area is 96.1 Å². The van der Waals surface area contributed by atoms with Crippen molar-refractivity contribution in [2.45, 2.75) is 39.2 Å². The van der Waals surface area contributed by atoms with Gasteiger partial charge in [-0.05, 0) is 35.4 Å². The van der Waals surface area contributed by atoms with Crippen LogP contribution in [0, 0.1) is 5.41 Å². The Hall–Kier alpha value is -0.530. The molecule has 0 amide bonds. The summed E-state index contributed by atoms with van der Waals surface area (Å²) in [5, 5.41) is 11.5. The number of hydrogen-bond acceptors (Lipinski definition) is 1. The summed E-state index contributed by atoms with van der Waals surface area (Å²) in [6.07, 6.45) is 1.65. The van der Waals surface area contributed by atoms with Crippen LogP contribution in [0.15, 0.2) is 18.2 Å². The first-order valence-corrected chi connectivity index (χ1v) is 5.74. The van der Waals surface area contributed by atoms with E-state index in [1.807, 2.05) is 18.2 Å². The predicted molar refractivity (Wildman–Crippen MR) is 63.1 cm³/mol. The summed E-state index contributed by atoms with van der Waals surface area (Å²) in [7, 11) is 0. The van der Waals surface area contributed by atoms with E-state index in [2.05, 4.69) is 20.8 Å². The lowest BCUT2D eigenvalue weighted by atomic mass is 9.73. The smallest absolute Gasteiger partial charge is 0.0950 e. The first-order valence-electron chi connectivity index (χ1n) is 5.36. The zero-order valence-corrected chi connectivity index (χ0v) is 10.2. The molecule has 2 heteroatoms. The van der Waals surface area contributed by atoms with Gasteiger partial charge >= 0.3 is 0 Å². The molecule has 0 fully saturated rings. The molecular weight excluding hydrogens is 208 g/mol. The summed E-state index contributed by atoms with van der Waals surface area (Å²) in [5.74, 6) is 0. The Morgan fingerprint density at radius 3 is 2.60 bits per heavy atom. The first kappa shape index (κ1) is 11.0. The normalized spacial score (nSPS) is 25.4. The van der Waals surface area contributed by atoms with E-state index < -0.39 is 5.60 Å². The zero-order valence-electron chi connectivity index (χ0n) is 9.47. The number of aliphatic hydroxyl groups is 1. The molecular formula is C13H17ClO. The molecule has 0 aliphatic heterocycles. The van der Waals surface area contributed by atoms with Gasteiger partial charge < -0.3 is 5.11 Å². The summed E-state index contributed by atoms with van der Waals surface area (Å²) in [6, 6.07) is 5.82. The molecule has 0 saturated heterocycles. The average Bonchev–Trinajstić information content (AvgIpc) is 2.46. The first-order chi connectivity index (χ1) is 6.86. The average molecular weight is 225 g/mol. The molecule has 0 radical (unpaired) electrons. The van der Waals surface area contributed by atoms with Crippen molar-refractivity contribution in [2.24, 2.45) is 5.41 Å². The minimum atomic E-state index is -0.729. The Bertz CT molecular complexity index is 392. The molecule has 1 N–H and O–H groups in total. The van der Waals surface area contributed by atoms with Gasteiger partial charge in [0.25, 0.3) is 0 Å². The molecule has 1 aromatic rings. The summed E-state index contributed by atoms with van der Waals surface area (Å²) < 4.78 is 0. The minimum absolute atomic E-state index is 0.150. The maximum Gasteiger partial charge on any atom is 0.0950 e. The highest BCUT2D eigenvalue weighted by atomic mass is 35.5. The molecule has 1 unspecified atom stereocenters. The van der Waals surface area contributed by atoms with Crippen LogP contribution in [0.3, 0.4) is 0 Å². The molecule has 0 saturated carbocycles. The van der Waals surface area contributed by atoms with Gasteiger partial charge in [0.2, 0.25) is 0 Å². The zero-order chi connectivity index (χ0) is 11.3. The van der Waals surface area contributed by atoms with Crippen LogP contribution in [0.25, 0.3) is 0 Å². The second-order valence-corrected chi connectivity index (χ2v) is 5.78. The van der Waals surface area contributed by atoms with E-state index in [0.29, 0.717) is 0 Å². The van der Waals surface area contributed by atoms with Crippen molar-refractivity contribution in [3.63, 3.8) is 0 Å². The van der Waals surface area contributed by atoms with E-state index in [0.717, 1.165) is 29.0 Å². The molecule has 0 aromatic heterocycles. The third-order valence-electron chi connectivity index (χ3n) is 3.54. The van der Waals surface area contributed by atoms with Gasteiger partial charge in [-0.15, -0.1) is 0 Å². The minimum Gasteiger partial charge on any atom is -0.385 e. The fraction of sp³-hybridized carbons (Fsp3) is 0.538. The van der Waals surface area contributed by atoms with Crippen LogP contribution in [-0.2, 0) is 12.0 Å². The standard InChI is InChI=1S/C13H17ClO/c1-12(2,3)13(15)8-7-9-10(13)5-4-6-11(9)14/h4-6,15H,7-8H2,1-3H3. The highest BCUT2D eigenvalue weighted by Crippen LogP contribution is 2.49. The Morgan fingerprint density at radius 2 is 2.00 bits per heavy atom. The van der Waals surface area contributed by atoms with Crippen LogP contribution >= 0.6 is 11.6 Å². The van der Waals surface area contributed by atoms with Gasteiger partial charge in [-0.3, -0.25) is 0 Å². The number of benzene rings is 1. The van der Waals surface area contributed by atoms with Gasteiger partial charge in [0.05, 0.1) is 5.60 Å². The molecule has 1 aromatic carbocycles. The monoisotopic (exact) mass is 224 g/mol. The lowest BCUT2D eigenvalue weighted by molar-refractivity contribution is -0.0622. The van der Waals surface area contributed by atoms with Gasteiger partial charge in [-0.25, -0.2) is 0 Å². The fourth-order valence-electron chi connectivity index (χ4n) is 2.42. The van der Waals surface area contributed by atoms with Crippen molar-refractivity contribution in [3.8, 4) is 0 Å². The quantitative estimate of drug-likeness (QED) is 0.715. The summed E-state index contributed by atoms with van der Waals surface area (Å²) in [4.78, 5) is 0. The topological polar surface area (TPSA) is 20.2 Å². The van der Waals surface area contributed by atoms with Crippen LogP contribution in [0.2, 0.25) is 5.02 Å². The van der Waals surface area contributed by atoms with Crippen molar-refractivity contribution < 1.29 is 5.11 Å². The van der Waals surface area contributed by atoms with Gasteiger partial charge in [-0.2, -0.15) is 0 Å². The number of fused-ring (bicyclic) bond motifs is 1. The summed E-state index contributed by atoms with van der Waals surface area (Å²) >= 11 is 6.14. The van der Waals surface area contributed by atoms with Gasteiger partial charge in [0.15, 0.2) is 0 Å². The Morgan fingerprint density at radius 1 is 1.33 bits per heavy atom. The van der Waals surface area contributed by atoms with Gasteiger partial charge in [0, 0.05) is 5.02 Å². The Kier molecular flexibility index (Phi) is 2.36. The molecule has 1 nitrogen and oxygen atoms in total. The molecule has 0 spiro atoms. The van der Waals surface area contributed by atoms with Crippen LogP contribution in [0.4, 0.5) is 0 Å². The van der Waals surface area contributed by atoms with Crippen molar-refractivity contribution in [2.75, 3.05) is 0 Å². The summed E-state index contributed by atoms with van der Waals surface area (Å²) in [5.41, 5.74) is 1.26. The van der Waals surface area contributed by atoms with E-state index >= 15 is 0 Å². The van der Waals surface area contributed by atoms with Crippen molar-refractivity contribution in [1.82, 2.24) is 0 Å². The van der Waals surface area contributed by atoms with Crippen LogP contribution in [0.1, 0.15) is 38.3 Å². The van der Waals surface area contributed by atoms with E-state index in [1.165, 1.54) is 0 Å². The SMILES string of the molecule is CC(C)(C)C1(O)CCc2c(Cl)cccc21. The third-order valence-corrected chi connectivity index (χ3v) is 3.90. The lowest BCUT2D eigenvalue weighted by Crippen LogP contribution is -2.37. The predicted octanol–water partition coefficient (Wildman–Crippen LogP) is 3.52. The van der Waals surface area contributed by atoms with Crippen molar-refractivity contribution >= 4 is 11.6 Å². The fourth-order valence-corrected chi connectivity index (χ4v) is 2.69. The van der Waals surface area contributed by atoms with E-state index in [9.17, 15) is 5.11 Å². The van der Waals surface area contributed by atoms with E-state index in [1.54, 1.807) is 0 Å². The maximum absolute atomic E-state index is 10.7. The highest BCUT2D eigenvalue weighted by Gasteiger charge is 2.46. The number of rotatable bonds is 0. The second-order valence-electron chi connectivity index (χ2n) is 5.38. The number of hydrogen-bond donors (Lipinski definition) is 1. The molecule has 1 aliphatic rings. The largest absolute Gasteiger partial charge is 0.385 e. The molecule has 0 bridgehead atoms. The molecule has 1 atom stereocenters. The Balaban J connectivity index is 2.58. The molecule has 15 heavy (non-hydrogen) atoms.